The first-order valence-electron chi connectivity index (χ1n) is 18.3. The molecule has 0 aliphatic heterocycles. The van der Waals surface area contributed by atoms with Gasteiger partial charge in [0.1, 0.15) is 0 Å². The molecule has 10 atom stereocenters. The molecule has 0 amide bonds. The Morgan fingerprint density at radius 2 is 0.515 bits per heavy atom. The zero-order valence-corrected chi connectivity index (χ0v) is 42.2. The molecule has 0 aromatic rings. The molecule has 0 radical (unpaired) electrons. The summed E-state index contributed by atoms with van der Waals surface area (Å²) in [6.45, 7) is -12.5. The number of phosphoric ester groups is 8. The van der Waals surface area contributed by atoms with Crippen molar-refractivity contribution in [2.24, 2.45) is 17.8 Å². The number of hydrogen-bond acceptors (Lipinski definition) is 26. The van der Waals surface area contributed by atoms with Gasteiger partial charge in [0.25, 0.3) is 0 Å². The van der Waals surface area contributed by atoms with Crippen LogP contribution < -0.4 is 16.6 Å². The summed E-state index contributed by atoms with van der Waals surface area (Å²) in [6.07, 6.45) is 0. The van der Waals surface area contributed by atoms with Crippen molar-refractivity contribution < 1.29 is 162 Å². The molecule has 0 saturated heterocycles. The van der Waals surface area contributed by atoms with Crippen molar-refractivity contribution in [1.82, 2.24) is 16.6 Å². The molecule has 68 heavy (non-hydrogen) atoms. The normalized spacial score (nSPS) is 20.1. The molecule has 10 unspecified atom stereocenters. The maximum absolute atomic E-state index is 12.8. The highest BCUT2D eigenvalue weighted by atomic mass is 31.2. The molecule has 0 rings (SSSR count). The third kappa shape index (κ3) is 40.0. The lowest BCUT2D eigenvalue weighted by atomic mass is 10.2. The van der Waals surface area contributed by atoms with Crippen LogP contribution in [-0.2, 0) is 104 Å². The second-order valence-corrected chi connectivity index (χ2v) is 23.8. The summed E-state index contributed by atoms with van der Waals surface area (Å²) >= 11 is 0. The Bertz CT molecular complexity index is 1810. The van der Waals surface area contributed by atoms with E-state index in [0.29, 0.717) is 0 Å². The standard InChI is InChI=1S/C22H54F3N3O32P8/c1-20(12-26-23)15-57-65(38,39)52-8-6-50-63(34,35)48-4-2-46-62(32,33)47-3-5-49-64(36,37)51-7-9-53-67(42,43)59-18-22(14-28-25)19-60-68(44,45)55-11-10-54-66(40,41)58-17-21(13-27-24)16-56-61(29,30)31/h20-22,26-28H,2-19H2,1H3,(H,32,33)(H,34,35)(H,36,37)(H,38,39)(H,40,41)(H,42,43)(H,44,45)(H2,29,30,31). The van der Waals surface area contributed by atoms with Crippen LogP contribution in [0.3, 0.4) is 0 Å². The molecular formula is C22H54F3N3O32P8. The van der Waals surface area contributed by atoms with Crippen molar-refractivity contribution in [3.05, 3.63) is 0 Å². The van der Waals surface area contributed by atoms with E-state index in [0.717, 1.165) is 11.1 Å². The van der Waals surface area contributed by atoms with Crippen LogP contribution in [0.5, 0.6) is 0 Å². The van der Waals surface area contributed by atoms with Crippen LogP contribution in [-0.4, -0.2) is 163 Å². The number of halogens is 3. The van der Waals surface area contributed by atoms with Crippen LogP contribution in [0, 0.1) is 17.8 Å². The van der Waals surface area contributed by atoms with E-state index in [2.05, 4.69) is 67.9 Å². The molecule has 0 aromatic carbocycles. The SMILES string of the molecule is CC(CNF)COP(=O)(O)OCCOP(=O)(O)OCCOP(=O)(O)OCCOP(=O)(O)OCCOP(=O)(O)OCC(CNF)COP(=O)(O)OCCOP(=O)(O)OCC(CNF)COP(=O)(O)O. The predicted octanol–water partition coefficient (Wildman–Crippen LogP) is 1.32. The zero-order chi connectivity index (χ0) is 52.2. The van der Waals surface area contributed by atoms with E-state index in [-0.39, 0.29) is 13.2 Å². The van der Waals surface area contributed by atoms with Gasteiger partial charge in [-0.25, -0.2) is 36.5 Å². The summed E-state index contributed by atoms with van der Waals surface area (Å²) in [5.41, 5.74) is 3.62. The average molecular weight is 1180 g/mol. The lowest BCUT2D eigenvalue weighted by molar-refractivity contribution is 0.0648. The quantitative estimate of drug-likeness (QED) is 0.0232. The van der Waals surface area contributed by atoms with Crippen LogP contribution in [0.4, 0.5) is 13.4 Å². The molecule has 0 aromatic heterocycles. The minimum atomic E-state index is -5.04. The van der Waals surface area contributed by atoms with E-state index in [9.17, 15) is 84.2 Å². The van der Waals surface area contributed by atoms with Gasteiger partial charge in [0.15, 0.2) is 0 Å². The van der Waals surface area contributed by atoms with E-state index in [1.165, 1.54) is 12.5 Å². The molecule has 0 saturated carbocycles. The van der Waals surface area contributed by atoms with Crippen molar-refractivity contribution in [2.75, 3.05) is 119 Å². The lowest BCUT2D eigenvalue weighted by Crippen LogP contribution is -2.25. The van der Waals surface area contributed by atoms with Gasteiger partial charge in [-0.2, -0.15) is 16.6 Å². The molecule has 0 spiro atoms. The molecule has 35 nitrogen and oxygen atoms in total. The highest BCUT2D eigenvalue weighted by Gasteiger charge is 2.31. The predicted molar refractivity (Wildman–Crippen MR) is 214 cm³/mol. The highest BCUT2D eigenvalue weighted by Crippen LogP contribution is 2.50. The van der Waals surface area contributed by atoms with Gasteiger partial charge >= 0.3 is 62.6 Å². The second kappa shape index (κ2) is 34.2. The maximum atomic E-state index is 12.8. The Morgan fingerprint density at radius 1 is 0.324 bits per heavy atom. The molecular weight excluding hydrogens is 1120 g/mol. The van der Waals surface area contributed by atoms with Gasteiger partial charge in [0.2, 0.25) is 0 Å². The molecule has 0 fully saturated rings. The van der Waals surface area contributed by atoms with Gasteiger partial charge in [-0.3, -0.25) is 67.9 Å². The molecule has 0 bridgehead atoms. The van der Waals surface area contributed by atoms with Gasteiger partial charge < -0.3 is 44.0 Å². The zero-order valence-electron chi connectivity index (χ0n) is 35.1. The second-order valence-electron chi connectivity index (χ2n) is 12.4. The molecule has 0 aliphatic carbocycles. The summed E-state index contributed by atoms with van der Waals surface area (Å²) in [5, 5.41) is 0. The van der Waals surface area contributed by atoms with Crippen LogP contribution in [0.1, 0.15) is 6.92 Å². The fraction of sp³-hybridized carbons (Fsp3) is 1.00. The van der Waals surface area contributed by atoms with E-state index >= 15 is 0 Å². The minimum Gasteiger partial charge on any atom is -0.303 e. The smallest absolute Gasteiger partial charge is 0.303 e. The van der Waals surface area contributed by atoms with Crippen LogP contribution >= 0.6 is 62.6 Å². The fourth-order valence-corrected chi connectivity index (χ4v) is 9.17. The minimum absolute atomic E-state index is 0.182. The first kappa shape index (κ1) is 68.6. The summed E-state index contributed by atoms with van der Waals surface area (Å²) in [4.78, 5) is 85.3. The fourth-order valence-electron chi connectivity index (χ4n) is 3.55. The van der Waals surface area contributed by atoms with Crippen molar-refractivity contribution in [1.29, 1.82) is 0 Å². The van der Waals surface area contributed by atoms with Crippen LogP contribution in [0.15, 0.2) is 0 Å². The van der Waals surface area contributed by atoms with Gasteiger partial charge in [0.05, 0.1) is 99.1 Å². The third-order valence-corrected chi connectivity index (χ3v) is 14.0. The highest BCUT2D eigenvalue weighted by molar-refractivity contribution is 7.49. The van der Waals surface area contributed by atoms with Gasteiger partial charge in [-0.1, -0.05) is 6.92 Å². The summed E-state index contributed by atoms with van der Waals surface area (Å²) in [5.74, 6) is -3.03. The Labute approximate surface area is 384 Å². The number of nitrogens with one attached hydrogen (secondary N) is 3. The molecule has 0 aliphatic rings. The summed E-state index contributed by atoms with van der Waals surface area (Å²) < 4.78 is 199. The number of phosphoric acid groups is 8. The van der Waals surface area contributed by atoms with Crippen LogP contribution in [0.2, 0.25) is 0 Å². The lowest BCUT2D eigenvalue weighted by Gasteiger charge is -2.20. The summed E-state index contributed by atoms with van der Waals surface area (Å²) in [6, 6.07) is 0. The van der Waals surface area contributed by atoms with Crippen molar-refractivity contribution in [2.45, 2.75) is 6.92 Å². The largest absolute Gasteiger partial charge is 0.472 e. The van der Waals surface area contributed by atoms with Crippen molar-refractivity contribution in [3.63, 3.8) is 0 Å². The number of hydrogen-bond donors (Lipinski definition) is 12. The van der Waals surface area contributed by atoms with E-state index < -0.39 is 186 Å². The Morgan fingerprint density at radius 3 is 0.721 bits per heavy atom. The van der Waals surface area contributed by atoms with Crippen LogP contribution in [0.25, 0.3) is 0 Å². The maximum Gasteiger partial charge on any atom is 0.472 e. The van der Waals surface area contributed by atoms with E-state index in [1.807, 2.05) is 0 Å². The van der Waals surface area contributed by atoms with Crippen molar-refractivity contribution in [3.8, 4) is 0 Å². The topological polar surface area (TPSA) is 493 Å². The Hall–Kier alpha value is 0.550. The average Bonchev–Trinajstić information content (AvgIpc) is 3.21. The molecule has 12 N–H and O–H groups in total. The Balaban J connectivity index is 4.48. The summed E-state index contributed by atoms with van der Waals surface area (Å²) in [7, 11) is -39.4. The first-order valence-corrected chi connectivity index (χ1v) is 30.3. The van der Waals surface area contributed by atoms with Gasteiger partial charge in [-0.15, -0.1) is 13.4 Å². The molecule has 410 valence electrons. The molecule has 0 heterocycles. The third-order valence-electron chi connectivity index (χ3n) is 6.54. The monoisotopic (exact) mass is 1180 g/mol. The van der Waals surface area contributed by atoms with E-state index in [4.69, 9.17) is 9.79 Å². The van der Waals surface area contributed by atoms with Gasteiger partial charge in [-0.05, 0) is 5.92 Å². The van der Waals surface area contributed by atoms with Gasteiger partial charge in [0, 0.05) is 31.5 Å². The van der Waals surface area contributed by atoms with E-state index in [1.54, 1.807) is 0 Å². The number of rotatable bonds is 46. The first-order chi connectivity index (χ1) is 31.3. The van der Waals surface area contributed by atoms with Crippen molar-refractivity contribution >= 4 is 62.6 Å². The Kier molecular flexibility index (Phi) is 34.5. The molecule has 46 heteroatoms.